The molecule has 0 aromatic heterocycles. The number of amides is 2. The van der Waals surface area contributed by atoms with Crippen molar-refractivity contribution in [3.63, 3.8) is 0 Å². The van der Waals surface area contributed by atoms with Crippen LogP contribution in [-0.2, 0) is 14.3 Å². The van der Waals surface area contributed by atoms with Crippen molar-refractivity contribution in [3.05, 3.63) is 0 Å². The fourth-order valence-electron chi connectivity index (χ4n) is 1.10. The monoisotopic (exact) mass is 260 g/mol. The number of carboxylic acids is 1. The highest BCUT2D eigenvalue weighted by Gasteiger charge is 2.23. The van der Waals surface area contributed by atoms with Crippen molar-refractivity contribution in [2.24, 2.45) is 0 Å². The van der Waals surface area contributed by atoms with Gasteiger partial charge in [0.2, 0.25) is 5.91 Å². The number of hydrogen-bond donors (Lipinski definition) is 3. The zero-order valence-electron chi connectivity index (χ0n) is 11.1. The van der Waals surface area contributed by atoms with E-state index in [1.54, 1.807) is 20.8 Å². The van der Waals surface area contributed by atoms with Crippen molar-refractivity contribution in [1.29, 1.82) is 0 Å². The second kappa shape index (κ2) is 6.83. The lowest BCUT2D eigenvalue weighted by molar-refractivity contribution is -0.139. The van der Waals surface area contributed by atoms with Crippen LogP contribution >= 0.6 is 0 Å². The van der Waals surface area contributed by atoms with Crippen molar-refractivity contribution < 1.29 is 24.2 Å². The molecule has 0 aromatic carbocycles. The zero-order valence-corrected chi connectivity index (χ0v) is 11.1. The van der Waals surface area contributed by atoms with Crippen LogP contribution < -0.4 is 10.6 Å². The van der Waals surface area contributed by atoms with Crippen LogP contribution in [0.4, 0.5) is 4.79 Å². The van der Waals surface area contributed by atoms with Crippen molar-refractivity contribution in [2.75, 3.05) is 6.54 Å². The molecule has 2 amide bonds. The highest BCUT2D eigenvalue weighted by atomic mass is 16.6. The molecular formula is C11H20N2O5. The summed E-state index contributed by atoms with van der Waals surface area (Å²) in [5.41, 5.74) is -0.690. The van der Waals surface area contributed by atoms with Crippen LogP contribution in [0.5, 0.6) is 0 Å². The lowest BCUT2D eigenvalue weighted by Gasteiger charge is -2.22. The summed E-state index contributed by atoms with van der Waals surface area (Å²) in [5.74, 6) is -1.43. The Labute approximate surface area is 106 Å². The molecule has 0 rings (SSSR count). The first kappa shape index (κ1) is 16.2. The van der Waals surface area contributed by atoms with Crippen molar-refractivity contribution in [1.82, 2.24) is 10.6 Å². The van der Waals surface area contributed by atoms with Gasteiger partial charge in [0.15, 0.2) is 0 Å². The second-order valence-electron chi connectivity index (χ2n) is 4.81. The average molecular weight is 260 g/mol. The molecule has 1 unspecified atom stereocenters. The number of carbonyl (C=O) groups excluding carboxylic acids is 2. The standard InChI is InChI=1S/C11H20N2O5/c1-7(14)12-6-5-8(9(15)16)13-10(17)18-11(2,3)4/h8H,5-6H2,1-4H3,(H,12,14)(H,13,17)(H,15,16). The van der Waals surface area contributed by atoms with E-state index in [-0.39, 0.29) is 18.9 Å². The van der Waals surface area contributed by atoms with Gasteiger partial charge in [0.1, 0.15) is 11.6 Å². The highest BCUT2D eigenvalue weighted by molar-refractivity contribution is 5.80. The van der Waals surface area contributed by atoms with Gasteiger partial charge in [0.25, 0.3) is 0 Å². The van der Waals surface area contributed by atoms with E-state index in [1.807, 2.05) is 0 Å². The highest BCUT2D eigenvalue weighted by Crippen LogP contribution is 2.07. The molecule has 7 heteroatoms. The summed E-state index contributed by atoms with van der Waals surface area (Å²) in [6.07, 6.45) is -0.702. The molecule has 1 atom stereocenters. The minimum atomic E-state index is -1.17. The van der Waals surface area contributed by atoms with E-state index in [4.69, 9.17) is 9.84 Å². The molecule has 0 heterocycles. The molecule has 0 aliphatic rings. The van der Waals surface area contributed by atoms with Crippen molar-refractivity contribution in [3.8, 4) is 0 Å². The van der Waals surface area contributed by atoms with Gasteiger partial charge < -0.3 is 20.5 Å². The van der Waals surface area contributed by atoms with Crippen LogP contribution in [-0.4, -0.2) is 41.3 Å². The lowest BCUT2D eigenvalue weighted by atomic mass is 10.2. The Hall–Kier alpha value is -1.79. The number of hydrogen-bond acceptors (Lipinski definition) is 4. The fourth-order valence-corrected chi connectivity index (χ4v) is 1.10. The van der Waals surface area contributed by atoms with Gasteiger partial charge in [0.05, 0.1) is 0 Å². The summed E-state index contributed by atoms with van der Waals surface area (Å²) in [6, 6.07) is -1.09. The smallest absolute Gasteiger partial charge is 0.408 e. The lowest BCUT2D eigenvalue weighted by Crippen LogP contribution is -2.45. The minimum absolute atomic E-state index is 0.0914. The summed E-state index contributed by atoms with van der Waals surface area (Å²) in [5, 5.41) is 13.6. The van der Waals surface area contributed by atoms with Crippen molar-refractivity contribution >= 4 is 18.0 Å². The normalized spacial score (nSPS) is 12.4. The third-order valence-corrected chi connectivity index (χ3v) is 1.80. The average Bonchev–Trinajstić information content (AvgIpc) is 2.12. The van der Waals surface area contributed by atoms with Crippen LogP contribution in [0.3, 0.4) is 0 Å². The maximum Gasteiger partial charge on any atom is 0.408 e. The molecule has 104 valence electrons. The Balaban J connectivity index is 4.23. The number of aliphatic carboxylic acids is 1. The summed E-state index contributed by atoms with van der Waals surface area (Å²) in [6.45, 7) is 6.54. The third-order valence-electron chi connectivity index (χ3n) is 1.80. The summed E-state index contributed by atoms with van der Waals surface area (Å²) >= 11 is 0. The van der Waals surface area contributed by atoms with Crippen LogP contribution in [0.25, 0.3) is 0 Å². The molecule has 0 aromatic rings. The first-order chi connectivity index (χ1) is 8.11. The van der Waals surface area contributed by atoms with Gasteiger partial charge in [-0.15, -0.1) is 0 Å². The molecule has 0 saturated carbocycles. The van der Waals surface area contributed by atoms with E-state index in [1.165, 1.54) is 6.92 Å². The molecule has 18 heavy (non-hydrogen) atoms. The van der Waals surface area contributed by atoms with Gasteiger partial charge >= 0.3 is 12.1 Å². The van der Waals surface area contributed by atoms with Gasteiger partial charge in [-0.05, 0) is 27.2 Å². The summed E-state index contributed by atoms with van der Waals surface area (Å²) < 4.78 is 4.95. The number of carboxylic acid groups (broad SMARTS) is 1. The molecule has 0 bridgehead atoms. The molecule has 0 fully saturated rings. The Morgan fingerprint density at radius 3 is 2.22 bits per heavy atom. The topological polar surface area (TPSA) is 105 Å². The molecule has 0 aliphatic carbocycles. The van der Waals surface area contributed by atoms with E-state index in [2.05, 4.69) is 10.6 Å². The molecule has 3 N–H and O–H groups in total. The third kappa shape index (κ3) is 8.37. The van der Waals surface area contributed by atoms with Gasteiger partial charge in [-0.2, -0.15) is 0 Å². The number of rotatable bonds is 5. The Bertz CT molecular complexity index is 322. The quantitative estimate of drug-likeness (QED) is 0.667. The van der Waals surface area contributed by atoms with Crippen molar-refractivity contribution in [2.45, 2.75) is 45.8 Å². The molecular weight excluding hydrogens is 240 g/mol. The minimum Gasteiger partial charge on any atom is -0.480 e. The first-order valence-electron chi connectivity index (χ1n) is 5.58. The predicted molar refractivity (Wildman–Crippen MR) is 64.1 cm³/mol. The number of alkyl carbamates (subject to hydrolysis) is 1. The Morgan fingerprint density at radius 1 is 1.28 bits per heavy atom. The summed E-state index contributed by atoms with van der Waals surface area (Å²) in [7, 11) is 0. The number of carbonyl (C=O) groups is 3. The molecule has 0 radical (unpaired) electrons. The van der Waals surface area contributed by atoms with Gasteiger partial charge in [-0.25, -0.2) is 9.59 Å². The molecule has 7 nitrogen and oxygen atoms in total. The number of ether oxygens (including phenoxy) is 1. The zero-order chi connectivity index (χ0) is 14.3. The molecule has 0 saturated heterocycles. The van der Waals surface area contributed by atoms with Crippen LogP contribution in [0.1, 0.15) is 34.1 Å². The maximum absolute atomic E-state index is 11.4. The van der Waals surface area contributed by atoms with Gasteiger partial charge in [0, 0.05) is 13.5 Å². The molecule has 0 spiro atoms. The Morgan fingerprint density at radius 2 is 1.83 bits per heavy atom. The van der Waals surface area contributed by atoms with E-state index >= 15 is 0 Å². The first-order valence-corrected chi connectivity index (χ1v) is 5.58. The molecule has 0 aliphatic heterocycles. The fraction of sp³-hybridized carbons (Fsp3) is 0.727. The van der Waals surface area contributed by atoms with E-state index in [0.717, 1.165) is 0 Å². The number of nitrogens with one attached hydrogen (secondary N) is 2. The second-order valence-corrected chi connectivity index (χ2v) is 4.81. The van der Waals surface area contributed by atoms with E-state index in [0.29, 0.717) is 0 Å². The van der Waals surface area contributed by atoms with Gasteiger partial charge in [-0.1, -0.05) is 0 Å². The SMILES string of the molecule is CC(=O)NCCC(NC(=O)OC(C)(C)C)C(=O)O. The van der Waals surface area contributed by atoms with E-state index < -0.39 is 23.7 Å². The predicted octanol–water partition coefficient (Wildman–Crippen LogP) is 0.491. The van der Waals surface area contributed by atoms with Crippen LogP contribution in [0, 0.1) is 0 Å². The maximum atomic E-state index is 11.4. The summed E-state index contributed by atoms with van der Waals surface area (Å²) in [4.78, 5) is 32.9. The van der Waals surface area contributed by atoms with Gasteiger partial charge in [-0.3, -0.25) is 4.79 Å². The van der Waals surface area contributed by atoms with E-state index in [9.17, 15) is 14.4 Å². The van der Waals surface area contributed by atoms with Crippen LogP contribution in [0.2, 0.25) is 0 Å². The Kier molecular flexibility index (Phi) is 6.15. The largest absolute Gasteiger partial charge is 0.480 e. The van der Waals surface area contributed by atoms with Crippen LogP contribution in [0.15, 0.2) is 0 Å².